The average molecular weight is 547 g/mol. The van der Waals surface area contributed by atoms with Crippen molar-refractivity contribution in [3.8, 4) is 22.9 Å². The predicted molar refractivity (Wildman–Crippen MR) is 146 cm³/mol. The van der Waals surface area contributed by atoms with Gasteiger partial charge in [0.15, 0.2) is 5.82 Å². The van der Waals surface area contributed by atoms with Crippen molar-refractivity contribution in [1.82, 2.24) is 20.6 Å². The normalized spacial score (nSPS) is 21.5. The van der Waals surface area contributed by atoms with Crippen molar-refractivity contribution in [2.24, 2.45) is 11.1 Å². The smallest absolute Gasteiger partial charge is 0.319 e. The summed E-state index contributed by atoms with van der Waals surface area (Å²) < 4.78 is 38.3. The molecule has 1 amide bonds. The van der Waals surface area contributed by atoms with Gasteiger partial charge in [0.1, 0.15) is 34.9 Å². The number of primary amides is 1. The molecule has 2 atom stereocenters. The van der Waals surface area contributed by atoms with Crippen molar-refractivity contribution < 1.29 is 23.4 Å². The van der Waals surface area contributed by atoms with Gasteiger partial charge < -0.3 is 31.1 Å². The van der Waals surface area contributed by atoms with E-state index >= 15 is 8.78 Å². The fraction of sp³-hybridized carbons (Fsp3) is 0.345. The van der Waals surface area contributed by atoms with Gasteiger partial charge in [0.05, 0.1) is 5.56 Å². The first kappa shape index (κ1) is 24.9. The van der Waals surface area contributed by atoms with Gasteiger partial charge in [0, 0.05) is 43.6 Å². The van der Waals surface area contributed by atoms with Crippen molar-refractivity contribution >= 4 is 33.4 Å². The van der Waals surface area contributed by atoms with E-state index in [-0.39, 0.29) is 52.5 Å². The molecular formula is C29H28F2N6O3. The molecule has 3 aliphatic heterocycles. The molecule has 3 aliphatic rings. The summed E-state index contributed by atoms with van der Waals surface area (Å²) in [6.07, 6.45) is 2.03. The van der Waals surface area contributed by atoms with Gasteiger partial charge in [-0.05, 0) is 47.4 Å². The van der Waals surface area contributed by atoms with E-state index < -0.39 is 23.0 Å². The van der Waals surface area contributed by atoms with E-state index in [1.54, 1.807) is 30.3 Å². The van der Waals surface area contributed by atoms with Crippen LogP contribution in [0.4, 0.5) is 14.6 Å². The zero-order valence-corrected chi connectivity index (χ0v) is 21.6. The molecule has 2 unspecified atom stereocenters. The van der Waals surface area contributed by atoms with Crippen LogP contribution >= 0.6 is 0 Å². The molecule has 40 heavy (non-hydrogen) atoms. The molecule has 9 nitrogen and oxygen atoms in total. The number of ether oxygens (including phenoxy) is 1. The molecular weight excluding hydrogens is 518 g/mol. The number of phenolic OH excluding ortho intramolecular Hbond substituents is 1. The summed E-state index contributed by atoms with van der Waals surface area (Å²) >= 11 is 0. The SMILES string of the molecule is NC(=O)C1(COc2nc(N3CC4CCC(C3)N4)c3cc(F)c(-c4cc(O)cc5ccccc45)c(F)c3n2)CNC1. The third-order valence-corrected chi connectivity index (χ3v) is 8.40. The van der Waals surface area contributed by atoms with Gasteiger partial charge in [0.25, 0.3) is 0 Å². The number of halogens is 2. The maximum absolute atomic E-state index is 16.5. The molecule has 1 aromatic heterocycles. The highest BCUT2D eigenvalue weighted by atomic mass is 19.1. The van der Waals surface area contributed by atoms with Crippen molar-refractivity contribution in [2.75, 3.05) is 37.7 Å². The van der Waals surface area contributed by atoms with Crippen molar-refractivity contribution in [2.45, 2.75) is 24.9 Å². The summed E-state index contributed by atoms with van der Waals surface area (Å²) in [6, 6.07) is 11.6. The van der Waals surface area contributed by atoms with Crippen LogP contribution in [0.1, 0.15) is 12.8 Å². The van der Waals surface area contributed by atoms with E-state index in [1.165, 1.54) is 12.1 Å². The lowest BCUT2D eigenvalue weighted by molar-refractivity contribution is -0.132. The number of nitrogens with zero attached hydrogens (tertiary/aromatic N) is 3. The van der Waals surface area contributed by atoms with Crippen LogP contribution in [0.2, 0.25) is 0 Å². The maximum Gasteiger partial charge on any atom is 0.319 e. The number of carbonyl (C=O) groups excluding carboxylic acids is 1. The van der Waals surface area contributed by atoms with Crippen LogP contribution in [-0.2, 0) is 4.79 Å². The summed E-state index contributed by atoms with van der Waals surface area (Å²) in [6.45, 7) is 1.90. The standard InChI is InChI=1S/C29H28F2N6O3/c30-22-9-21-25(24(31)23(22)20-8-18(38)7-15-3-1-2-4-19(15)20)35-28(40-14-29(27(32)39)12-33-13-29)36-26(21)37-10-16-5-6-17(11-37)34-16/h1-4,7-9,16-17,33-34,38H,5-6,10-14H2,(H2,32,39). The van der Waals surface area contributed by atoms with Gasteiger partial charge in [-0.15, -0.1) is 0 Å². The first-order chi connectivity index (χ1) is 19.3. The van der Waals surface area contributed by atoms with Gasteiger partial charge in [-0.1, -0.05) is 24.3 Å². The quantitative estimate of drug-likeness (QED) is 0.291. The maximum atomic E-state index is 16.5. The molecule has 3 fully saturated rings. The predicted octanol–water partition coefficient (Wildman–Crippen LogP) is 2.83. The lowest BCUT2D eigenvalue weighted by Crippen LogP contribution is -2.63. The largest absolute Gasteiger partial charge is 0.508 e. The molecule has 3 saturated heterocycles. The molecule has 206 valence electrons. The van der Waals surface area contributed by atoms with E-state index in [1.807, 2.05) is 4.90 Å². The molecule has 3 aromatic carbocycles. The number of rotatable bonds is 6. The lowest BCUT2D eigenvalue weighted by Gasteiger charge is -2.38. The Bertz CT molecular complexity index is 1670. The summed E-state index contributed by atoms with van der Waals surface area (Å²) in [7, 11) is 0. The fourth-order valence-electron chi connectivity index (χ4n) is 6.16. The van der Waals surface area contributed by atoms with Crippen LogP contribution in [0, 0.1) is 17.0 Å². The van der Waals surface area contributed by atoms with Crippen LogP contribution in [0.25, 0.3) is 32.8 Å². The number of amides is 1. The molecule has 11 heteroatoms. The Morgan fingerprint density at radius 3 is 2.55 bits per heavy atom. The number of hydrogen-bond acceptors (Lipinski definition) is 8. The monoisotopic (exact) mass is 546 g/mol. The molecule has 0 radical (unpaired) electrons. The third-order valence-electron chi connectivity index (χ3n) is 8.40. The van der Waals surface area contributed by atoms with Crippen molar-refractivity contribution in [1.29, 1.82) is 0 Å². The Hall–Kier alpha value is -4.09. The highest BCUT2D eigenvalue weighted by Gasteiger charge is 2.44. The highest BCUT2D eigenvalue weighted by molar-refractivity contribution is 6.01. The molecule has 7 rings (SSSR count). The zero-order chi connectivity index (χ0) is 27.6. The van der Waals surface area contributed by atoms with Crippen LogP contribution in [0.3, 0.4) is 0 Å². The van der Waals surface area contributed by atoms with E-state index in [4.69, 9.17) is 10.5 Å². The van der Waals surface area contributed by atoms with Crippen molar-refractivity contribution in [3.05, 3.63) is 54.1 Å². The lowest BCUT2D eigenvalue weighted by atomic mass is 9.82. The highest BCUT2D eigenvalue weighted by Crippen LogP contribution is 2.40. The van der Waals surface area contributed by atoms with Gasteiger partial charge in [-0.2, -0.15) is 9.97 Å². The number of piperazine rings is 1. The number of hydrogen-bond donors (Lipinski definition) is 4. The Kier molecular flexibility index (Phi) is 5.76. The number of carbonyl (C=O) groups is 1. The average Bonchev–Trinajstić information content (AvgIpc) is 3.24. The fourth-order valence-corrected chi connectivity index (χ4v) is 6.16. The number of anilines is 1. The Morgan fingerprint density at radius 1 is 1.10 bits per heavy atom. The summed E-state index contributed by atoms with van der Waals surface area (Å²) in [4.78, 5) is 23.1. The first-order valence-electron chi connectivity index (χ1n) is 13.4. The van der Waals surface area contributed by atoms with Crippen LogP contribution < -0.4 is 26.0 Å². The second-order valence-corrected chi connectivity index (χ2v) is 11.1. The molecule has 0 spiro atoms. The Balaban J connectivity index is 1.40. The van der Waals surface area contributed by atoms with Crippen LogP contribution in [0.15, 0.2) is 42.5 Å². The van der Waals surface area contributed by atoms with E-state index in [9.17, 15) is 9.90 Å². The minimum Gasteiger partial charge on any atom is -0.508 e. The first-order valence-corrected chi connectivity index (χ1v) is 13.4. The number of nitrogens with one attached hydrogen (secondary N) is 2. The molecule has 0 aliphatic carbocycles. The molecule has 5 N–H and O–H groups in total. The van der Waals surface area contributed by atoms with Gasteiger partial charge >= 0.3 is 6.01 Å². The number of benzene rings is 3. The Morgan fingerprint density at radius 2 is 1.85 bits per heavy atom. The number of aromatic nitrogens is 2. The molecule has 4 aromatic rings. The summed E-state index contributed by atoms with van der Waals surface area (Å²) in [5.41, 5.74) is 4.52. The third kappa shape index (κ3) is 3.99. The van der Waals surface area contributed by atoms with Crippen LogP contribution in [0.5, 0.6) is 11.8 Å². The molecule has 4 heterocycles. The van der Waals surface area contributed by atoms with Gasteiger partial charge in [0.2, 0.25) is 5.91 Å². The minimum atomic E-state index is -0.903. The second-order valence-electron chi connectivity index (χ2n) is 11.1. The second kappa shape index (κ2) is 9.24. The number of fused-ring (bicyclic) bond motifs is 4. The summed E-state index contributed by atoms with van der Waals surface area (Å²) in [5.74, 6) is -1.90. The number of phenols is 1. The topological polar surface area (TPSA) is 126 Å². The zero-order valence-electron chi connectivity index (χ0n) is 21.6. The van der Waals surface area contributed by atoms with E-state index in [0.717, 1.165) is 12.8 Å². The van der Waals surface area contributed by atoms with Gasteiger partial charge in [-0.3, -0.25) is 4.79 Å². The van der Waals surface area contributed by atoms with Gasteiger partial charge in [-0.25, -0.2) is 8.78 Å². The van der Waals surface area contributed by atoms with Crippen molar-refractivity contribution in [3.63, 3.8) is 0 Å². The number of nitrogens with two attached hydrogens (primary N) is 1. The summed E-state index contributed by atoms with van der Waals surface area (Å²) in [5, 5.41) is 18.4. The van der Waals surface area contributed by atoms with E-state index in [2.05, 4.69) is 20.6 Å². The van der Waals surface area contributed by atoms with E-state index in [0.29, 0.717) is 42.8 Å². The van der Waals surface area contributed by atoms with Crippen LogP contribution in [-0.4, -0.2) is 65.9 Å². The minimum absolute atomic E-state index is 0.0695. The molecule has 0 saturated carbocycles. The number of aromatic hydroxyl groups is 1. The Labute approximate surface area is 228 Å². The molecule has 2 bridgehead atoms.